The summed E-state index contributed by atoms with van der Waals surface area (Å²) in [4.78, 5) is 0.754. The predicted octanol–water partition coefficient (Wildman–Crippen LogP) is 4.94. The van der Waals surface area contributed by atoms with Gasteiger partial charge in [-0.05, 0) is 6.42 Å². The summed E-state index contributed by atoms with van der Waals surface area (Å²) >= 11 is 6.09. The second kappa shape index (κ2) is 10.3. The van der Waals surface area contributed by atoms with Crippen LogP contribution < -0.4 is 0 Å². The average molecular weight is 347 g/mol. The van der Waals surface area contributed by atoms with Crippen molar-refractivity contribution in [3.63, 3.8) is 0 Å². The zero-order valence-corrected chi connectivity index (χ0v) is 11.7. The van der Waals surface area contributed by atoms with Crippen LogP contribution in [-0.4, -0.2) is 9.25 Å². The van der Waals surface area contributed by atoms with Gasteiger partial charge in [0.05, 0.1) is 0 Å². The molecular formula is C10H20BrI. The zero-order chi connectivity index (χ0) is 9.23. The van der Waals surface area contributed by atoms with Gasteiger partial charge in [-0.1, -0.05) is 84.0 Å². The predicted molar refractivity (Wildman–Crippen MR) is 69.6 cm³/mol. The Morgan fingerprint density at radius 1 is 1.08 bits per heavy atom. The third kappa shape index (κ3) is 9.30. The third-order valence-corrected chi connectivity index (χ3v) is 5.09. The molecule has 0 N–H and O–H groups in total. The molecule has 0 saturated carbocycles. The van der Waals surface area contributed by atoms with E-state index in [0.717, 1.165) is 4.83 Å². The second-order valence-electron chi connectivity index (χ2n) is 3.31. The lowest BCUT2D eigenvalue weighted by molar-refractivity contribution is 0.592. The molecule has 0 aromatic carbocycles. The first-order chi connectivity index (χ1) is 5.81. The zero-order valence-electron chi connectivity index (χ0n) is 7.99. The fourth-order valence-electron chi connectivity index (χ4n) is 1.22. The van der Waals surface area contributed by atoms with Gasteiger partial charge in [-0.2, -0.15) is 0 Å². The van der Waals surface area contributed by atoms with Gasteiger partial charge in [-0.15, -0.1) is 0 Å². The Morgan fingerprint density at radius 3 is 2.25 bits per heavy atom. The van der Waals surface area contributed by atoms with E-state index in [-0.39, 0.29) is 0 Å². The van der Waals surface area contributed by atoms with Crippen molar-refractivity contribution in [3.8, 4) is 0 Å². The molecule has 0 aromatic heterocycles. The molecule has 0 nitrogen and oxygen atoms in total. The summed E-state index contributed by atoms with van der Waals surface area (Å²) in [5, 5.41) is 0. The summed E-state index contributed by atoms with van der Waals surface area (Å²) in [6.07, 6.45) is 9.85. The minimum Gasteiger partial charge on any atom is -0.0882 e. The van der Waals surface area contributed by atoms with Crippen LogP contribution in [-0.2, 0) is 0 Å². The number of hydrogen-bond donors (Lipinski definition) is 0. The van der Waals surface area contributed by atoms with E-state index >= 15 is 0 Å². The second-order valence-corrected chi connectivity index (χ2v) is 5.48. The molecular weight excluding hydrogens is 327 g/mol. The maximum Gasteiger partial charge on any atom is 0.0235 e. The van der Waals surface area contributed by atoms with Crippen molar-refractivity contribution >= 4 is 38.5 Å². The van der Waals surface area contributed by atoms with Crippen LogP contribution in [0.5, 0.6) is 0 Å². The molecule has 2 heteroatoms. The molecule has 0 heterocycles. The molecule has 0 aromatic rings. The van der Waals surface area contributed by atoms with E-state index in [1.165, 1.54) is 49.4 Å². The number of unbranched alkanes of at least 4 members (excludes halogenated alkanes) is 5. The number of hydrogen-bond acceptors (Lipinski definition) is 0. The van der Waals surface area contributed by atoms with E-state index < -0.39 is 0 Å². The average Bonchev–Trinajstić information content (AvgIpc) is 2.10. The highest BCUT2D eigenvalue weighted by Gasteiger charge is 1.99. The highest BCUT2D eigenvalue weighted by molar-refractivity contribution is 14.1. The highest BCUT2D eigenvalue weighted by Crippen LogP contribution is 2.14. The summed E-state index contributed by atoms with van der Waals surface area (Å²) < 4.78 is 1.24. The van der Waals surface area contributed by atoms with Crippen LogP contribution in [0.3, 0.4) is 0 Å². The van der Waals surface area contributed by atoms with Crippen molar-refractivity contribution in [2.24, 2.45) is 0 Å². The van der Waals surface area contributed by atoms with Gasteiger partial charge in [-0.3, -0.25) is 0 Å². The van der Waals surface area contributed by atoms with Gasteiger partial charge in [0.15, 0.2) is 0 Å². The van der Waals surface area contributed by atoms with Crippen molar-refractivity contribution in [3.05, 3.63) is 0 Å². The molecule has 0 radical (unpaired) electrons. The fraction of sp³-hybridized carbons (Fsp3) is 1.00. The lowest BCUT2D eigenvalue weighted by Gasteiger charge is -2.04. The van der Waals surface area contributed by atoms with Crippen LogP contribution in [0.1, 0.15) is 51.9 Å². The van der Waals surface area contributed by atoms with E-state index in [2.05, 4.69) is 45.4 Å². The van der Waals surface area contributed by atoms with Crippen molar-refractivity contribution in [2.45, 2.75) is 56.7 Å². The van der Waals surface area contributed by atoms with E-state index in [1.54, 1.807) is 0 Å². The monoisotopic (exact) mass is 346 g/mol. The molecule has 0 aliphatic carbocycles. The van der Waals surface area contributed by atoms with Crippen molar-refractivity contribution in [1.82, 2.24) is 0 Å². The lowest BCUT2D eigenvalue weighted by atomic mass is 10.1. The minimum atomic E-state index is 0.754. The Morgan fingerprint density at radius 2 is 1.67 bits per heavy atom. The van der Waals surface area contributed by atoms with Gasteiger partial charge in [0.25, 0.3) is 0 Å². The summed E-state index contributed by atoms with van der Waals surface area (Å²) in [5.74, 6) is 0. The van der Waals surface area contributed by atoms with Gasteiger partial charge in [0.2, 0.25) is 0 Å². The molecule has 0 aliphatic heterocycles. The summed E-state index contributed by atoms with van der Waals surface area (Å²) in [5.41, 5.74) is 0. The molecule has 0 saturated heterocycles. The summed E-state index contributed by atoms with van der Waals surface area (Å²) in [7, 11) is 0. The van der Waals surface area contributed by atoms with Gasteiger partial charge in [0, 0.05) is 9.25 Å². The van der Waals surface area contributed by atoms with Gasteiger partial charge >= 0.3 is 0 Å². The summed E-state index contributed by atoms with van der Waals surface area (Å²) in [6.45, 7) is 2.27. The smallest absolute Gasteiger partial charge is 0.0235 e. The van der Waals surface area contributed by atoms with Crippen LogP contribution in [0, 0.1) is 0 Å². The Balaban J connectivity index is 2.90. The topological polar surface area (TPSA) is 0 Å². The standard InChI is InChI=1S/C10H20BrI/c1-2-3-4-5-6-7-8-10(11)9-12/h10H,2-9H2,1H3. The number of halogens is 2. The molecule has 12 heavy (non-hydrogen) atoms. The molecule has 1 unspecified atom stereocenters. The first-order valence-electron chi connectivity index (χ1n) is 5.01. The Hall–Kier alpha value is 1.21. The van der Waals surface area contributed by atoms with Gasteiger partial charge < -0.3 is 0 Å². The Bertz CT molecular complexity index is 85.9. The van der Waals surface area contributed by atoms with Crippen LogP contribution in [0.4, 0.5) is 0 Å². The van der Waals surface area contributed by atoms with Gasteiger partial charge in [-0.25, -0.2) is 0 Å². The van der Waals surface area contributed by atoms with Crippen molar-refractivity contribution in [2.75, 3.05) is 4.43 Å². The van der Waals surface area contributed by atoms with Crippen LogP contribution in [0.2, 0.25) is 0 Å². The van der Waals surface area contributed by atoms with E-state index in [1.807, 2.05) is 0 Å². The first kappa shape index (κ1) is 13.2. The van der Waals surface area contributed by atoms with Crippen LogP contribution in [0.25, 0.3) is 0 Å². The fourth-order valence-corrected chi connectivity index (χ4v) is 1.99. The third-order valence-electron chi connectivity index (χ3n) is 2.04. The van der Waals surface area contributed by atoms with Crippen molar-refractivity contribution in [1.29, 1.82) is 0 Å². The Labute approximate surface area is 99.2 Å². The molecule has 0 amide bonds. The molecule has 0 aliphatic rings. The maximum atomic E-state index is 3.65. The molecule has 0 spiro atoms. The van der Waals surface area contributed by atoms with Crippen molar-refractivity contribution < 1.29 is 0 Å². The van der Waals surface area contributed by atoms with Crippen LogP contribution in [0.15, 0.2) is 0 Å². The number of rotatable bonds is 8. The Kier molecular flexibility index (Phi) is 11.3. The van der Waals surface area contributed by atoms with Gasteiger partial charge in [0.1, 0.15) is 0 Å². The van der Waals surface area contributed by atoms with E-state index in [9.17, 15) is 0 Å². The SMILES string of the molecule is CCCCCCCCC(Br)CI. The largest absolute Gasteiger partial charge is 0.0882 e. The first-order valence-corrected chi connectivity index (χ1v) is 7.45. The summed E-state index contributed by atoms with van der Waals surface area (Å²) in [6, 6.07) is 0. The highest BCUT2D eigenvalue weighted by atomic mass is 127. The molecule has 1 atom stereocenters. The normalized spacial score (nSPS) is 13.2. The lowest BCUT2D eigenvalue weighted by Crippen LogP contribution is -1.97. The molecule has 0 fully saturated rings. The van der Waals surface area contributed by atoms with E-state index in [4.69, 9.17) is 0 Å². The molecule has 0 rings (SSSR count). The minimum absolute atomic E-state index is 0.754. The van der Waals surface area contributed by atoms with E-state index in [0.29, 0.717) is 0 Å². The van der Waals surface area contributed by atoms with Crippen LogP contribution >= 0.6 is 38.5 Å². The molecule has 0 bridgehead atoms. The quantitative estimate of drug-likeness (QED) is 0.332. The molecule has 74 valence electrons. The maximum absolute atomic E-state index is 3.65. The number of alkyl halides is 2.